The fourth-order valence-corrected chi connectivity index (χ4v) is 3.91. The molecule has 3 rings (SSSR count). The van der Waals surface area contributed by atoms with E-state index < -0.39 is 5.92 Å². The van der Waals surface area contributed by atoms with Crippen LogP contribution in [0.3, 0.4) is 0 Å². The fourth-order valence-electron chi connectivity index (χ4n) is 3.91. The van der Waals surface area contributed by atoms with Gasteiger partial charge >= 0.3 is 0 Å². The third kappa shape index (κ3) is 5.10. The van der Waals surface area contributed by atoms with E-state index in [2.05, 4.69) is 23.6 Å². The molecule has 1 aliphatic rings. The van der Waals surface area contributed by atoms with Crippen LogP contribution in [0.1, 0.15) is 35.2 Å². The zero-order valence-corrected chi connectivity index (χ0v) is 18.0. The summed E-state index contributed by atoms with van der Waals surface area (Å²) in [6, 6.07) is 3.77. The second kappa shape index (κ2) is 9.29. The molecule has 0 bridgehead atoms. The fraction of sp³-hybridized carbons (Fsp3) is 0.333. The van der Waals surface area contributed by atoms with Crippen LogP contribution in [0.25, 0.3) is 11.1 Å². The first-order valence-electron chi connectivity index (χ1n) is 10.3. The summed E-state index contributed by atoms with van der Waals surface area (Å²) in [5.41, 5.74) is 4.15. The van der Waals surface area contributed by atoms with Gasteiger partial charge in [0.25, 0.3) is 5.91 Å². The van der Waals surface area contributed by atoms with Gasteiger partial charge < -0.3 is 10.2 Å². The highest BCUT2D eigenvalue weighted by atomic mass is 19.3. The maximum Gasteiger partial charge on any atom is 0.258 e. The quantitative estimate of drug-likeness (QED) is 0.661. The van der Waals surface area contributed by atoms with Gasteiger partial charge in [0.2, 0.25) is 5.92 Å². The van der Waals surface area contributed by atoms with Gasteiger partial charge in [-0.2, -0.15) is 5.10 Å². The van der Waals surface area contributed by atoms with Crippen molar-refractivity contribution in [3.63, 3.8) is 0 Å². The topological polar surface area (TPSA) is 50.2 Å². The molecule has 0 spiro atoms. The van der Waals surface area contributed by atoms with Gasteiger partial charge in [0, 0.05) is 56.1 Å². The highest BCUT2D eigenvalue weighted by Crippen LogP contribution is 2.35. The Kier molecular flexibility index (Phi) is 6.73. The van der Waals surface area contributed by atoms with Crippen LogP contribution in [-0.4, -0.2) is 34.7 Å². The summed E-state index contributed by atoms with van der Waals surface area (Å²) in [5.74, 6) is -2.99. The molecule has 0 atom stereocenters. The van der Waals surface area contributed by atoms with Crippen molar-refractivity contribution in [1.82, 2.24) is 15.1 Å². The van der Waals surface area contributed by atoms with Gasteiger partial charge in [0.15, 0.2) is 0 Å². The minimum absolute atomic E-state index is 0.138. The van der Waals surface area contributed by atoms with E-state index in [1.807, 2.05) is 37.2 Å². The van der Waals surface area contributed by atoms with Crippen LogP contribution in [0, 0.1) is 6.92 Å². The molecule has 0 radical (unpaired) electrons. The van der Waals surface area contributed by atoms with Gasteiger partial charge in [0.1, 0.15) is 0 Å². The predicted molar refractivity (Wildman–Crippen MR) is 120 cm³/mol. The molecule has 5 nitrogen and oxygen atoms in total. The molecule has 1 saturated heterocycles. The second-order valence-electron chi connectivity index (χ2n) is 7.75. The molecule has 164 valence electrons. The van der Waals surface area contributed by atoms with Gasteiger partial charge in [-0.25, -0.2) is 8.78 Å². The van der Waals surface area contributed by atoms with Crippen LogP contribution < -0.4 is 10.2 Å². The van der Waals surface area contributed by atoms with E-state index in [-0.39, 0.29) is 25.3 Å². The Balaban J connectivity index is 2.08. The predicted octanol–water partition coefficient (Wildman–Crippen LogP) is 5.01. The molecule has 0 aliphatic carbocycles. The highest BCUT2D eigenvalue weighted by molar-refractivity contribution is 6.04. The van der Waals surface area contributed by atoms with E-state index >= 15 is 0 Å². The summed E-state index contributed by atoms with van der Waals surface area (Å²) in [7, 11) is 1.83. The lowest BCUT2D eigenvalue weighted by atomic mass is 9.95. The third-order valence-electron chi connectivity index (χ3n) is 5.52. The zero-order valence-electron chi connectivity index (χ0n) is 18.0. The van der Waals surface area contributed by atoms with E-state index in [9.17, 15) is 13.6 Å². The molecule has 1 amide bonds. The lowest BCUT2D eigenvalue weighted by molar-refractivity contribution is -0.0102. The van der Waals surface area contributed by atoms with Crippen molar-refractivity contribution in [2.24, 2.45) is 7.05 Å². The molecule has 1 aromatic carbocycles. The first-order chi connectivity index (χ1) is 14.8. The summed E-state index contributed by atoms with van der Waals surface area (Å²) in [6.45, 7) is 9.91. The van der Waals surface area contributed by atoms with Gasteiger partial charge in [-0.15, -0.1) is 0 Å². The third-order valence-corrected chi connectivity index (χ3v) is 5.52. The molecular weight excluding hydrogens is 398 g/mol. The number of amides is 1. The number of rotatable bonds is 6. The van der Waals surface area contributed by atoms with Crippen molar-refractivity contribution in [2.75, 3.05) is 18.0 Å². The van der Waals surface area contributed by atoms with Crippen LogP contribution >= 0.6 is 0 Å². The number of carbonyl (C=O) groups is 1. The van der Waals surface area contributed by atoms with E-state index in [1.165, 1.54) is 6.08 Å². The number of alkyl halides is 2. The van der Waals surface area contributed by atoms with Crippen LogP contribution in [0.2, 0.25) is 0 Å². The number of aryl methyl sites for hydroxylation is 1. The number of anilines is 1. The molecule has 1 fully saturated rings. The van der Waals surface area contributed by atoms with Crippen molar-refractivity contribution in [2.45, 2.75) is 32.1 Å². The molecular formula is C24H28F2N4O. The van der Waals surface area contributed by atoms with E-state index in [0.717, 1.165) is 16.7 Å². The first-order valence-corrected chi connectivity index (χ1v) is 10.3. The monoisotopic (exact) mass is 426 g/mol. The van der Waals surface area contributed by atoms with Gasteiger partial charge in [-0.1, -0.05) is 25.3 Å². The zero-order chi connectivity index (χ0) is 22.6. The summed E-state index contributed by atoms with van der Waals surface area (Å²) in [5, 5.41) is 7.08. The SMILES string of the molecule is C=C/C=C(\C=C)NC(=O)c1c(N2CCCC(F)(F)CC2)ccc(-c2cnn(C)c2)c1C. The van der Waals surface area contributed by atoms with Crippen molar-refractivity contribution < 1.29 is 13.6 Å². The molecule has 7 heteroatoms. The summed E-state index contributed by atoms with van der Waals surface area (Å²) < 4.78 is 29.6. The van der Waals surface area contributed by atoms with Crippen LogP contribution in [0.5, 0.6) is 0 Å². The number of nitrogens with one attached hydrogen (secondary N) is 1. The number of halogens is 2. The first kappa shape index (κ1) is 22.5. The standard InChI is InChI=1S/C24H28F2N4O/c1-5-8-19(6-2)28-23(31)22-17(3)20(18-15-27-29(4)16-18)9-10-21(22)30-13-7-11-24(25,26)12-14-30/h5-6,8-10,15-16H,1-2,7,11-14H2,3-4H3,(H,28,31)/b19-8+. The second-order valence-corrected chi connectivity index (χ2v) is 7.75. The van der Waals surface area contributed by atoms with Gasteiger partial charge in [-0.05, 0) is 42.7 Å². The molecule has 1 N–H and O–H groups in total. The Morgan fingerprint density at radius 1 is 1.26 bits per heavy atom. The molecule has 0 saturated carbocycles. The summed E-state index contributed by atoms with van der Waals surface area (Å²) >= 11 is 0. The molecule has 2 aromatic rings. The number of benzene rings is 1. The lowest BCUT2D eigenvalue weighted by Crippen LogP contribution is -2.30. The van der Waals surface area contributed by atoms with E-state index in [1.54, 1.807) is 23.0 Å². The molecule has 31 heavy (non-hydrogen) atoms. The van der Waals surface area contributed by atoms with Crippen LogP contribution in [0.15, 0.2) is 61.6 Å². The van der Waals surface area contributed by atoms with Crippen molar-refractivity contribution in [3.8, 4) is 11.1 Å². The number of allylic oxidation sites excluding steroid dienone is 3. The van der Waals surface area contributed by atoms with Crippen LogP contribution in [-0.2, 0) is 7.05 Å². The normalized spacial score (nSPS) is 16.5. The number of aromatic nitrogens is 2. The number of carbonyl (C=O) groups excluding carboxylic acids is 1. The minimum atomic E-state index is -2.68. The maximum absolute atomic E-state index is 13.9. The van der Waals surface area contributed by atoms with Crippen molar-refractivity contribution in [1.29, 1.82) is 0 Å². The van der Waals surface area contributed by atoms with Crippen molar-refractivity contribution >= 4 is 11.6 Å². The Labute approximate surface area is 181 Å². The molecule has 0 unspecified atom stereocenters. The van der Waals surface area contributed by atoms with Crippen molar-refractivity contribution in [3.05, 3.63) is 72.7 Å². The molecule has 1 aliphatic heterocycles. The average Bonchev–Trinajstić information content (AvgIpc) is 3.06. The highest BCUT2D eigenvalue weighted by Gasteiger charge is 2.33. The largest absolute Gasteiger partial charge is 0.371 e. The Bertz CT molecular complexity index is 1020. The average molecular weight is 427 g/mol. The van der Waals surface area contributed by atoms with E-state index in [0.29, 0.717) is 29.9 Å². The molecule has 1 aromatic heterocycles. The van der Waals surface area contributed by atoms with Gasteiger partial charge in [-0.3, -0.25) is 9.48 Å². The Morgan fingerprint density at radius 3 is 2.68 bits per heavy atom. The smallest absolute Gasteiger partial charge is 0.258 e. The Hall–Kier alpha value is -3.22. The number of hydrogen-bond acceptors (Lipinski definition) is 3. The summed E-state index contributed by atoms with van der Waals surface area (Å²) in [4.78, 5) is 15.2. The lowest BCUT2D eigenvalue weighted by Gasteiger charge is -2.27. The number of nitrogens with zero attached hydrogens (tertiary/aromatic N) is 3. The van der Waals surface area contributed by atoms with E-state index in [4.69, 9.17) is 0 Å². The van der Waals surface area contributed by atoms with Crippen LogP contribution in [0.4, 0.5) is 14.5 Å². The maximum atomic E-state index is 13.9. The summed E-state index contributed by atoms with van der Waals surface area (Å²) in [6.07, 6.45) is 8.36. The van der Waals surface area contributed by atoms with Gasteiger partial charge in [0.05, 0.1) is 11.8 Å². The number of hydrogen-bond donors (Lipinski definition) is 1. The Morgan fingerprint density at radius 2 is 2.03 bits per heavy atom. The minimum Gasteiger partial charge on any atom is -0.371 e. The molecule has 2 heterocycles.